The molecule has 2 atom stereocenters. The standard InChI is InChI=1S/C24H26FN3O3S/c1-16-11-28(12-17(2)31-16)24(30)14-27-13-22(20-5-3-4-6-21(20)27)32-15-23(29)26-19-9-7-18(25)8-10-19/h3-10,13,16-17H,11-12,14-15H2,1-2H3,(H,26,29)/t16-,17-/m1/s1. The second-order valence-corrected chi connectivity index (χ2v) is 9.06. The molecule has 1 aliphatic rings. The molecule has 0 unspecified atom stereocenters. The Bertz CT molecular complexity index is 1110. The third-order valence-corrected chi connectivity index (χ3v) is 6.36. The van der Waals surface area contributed by atoms with Crippen LogP contribution in [0.3, 0.4) is 0 Å². The molecule has 3 aromatic rings. The zero-order valence-corrected chi connectivity index (χ0v) is 18.9. The number of rotatable bonds is 6. The lowest BCUT2D eigenvalue weighted by Gasteiger charge is -2.35. The number of ether oxygens (including phenoxy) is 1. The number of fused-ring (bicyclic) bond motifs is 1. The Hall–Kier alpha value is -2.84. The molecule has 6 nitrogen and oxygen atoms in total. The molecule has 2 amide bonds. The topological polar surface area (TPSA) is 63.6 Å². The number of nitrogens with zero attached hydrogens (tertiary/aromatic N) is 2. The number of carbonyl (C=O) groups is 2. The highest BCUT2D eigenvalue weighted by Crippen LogP contribution is 2.30. The Morgan fingerprint density at radius 3 is 2.50 bits per heavy atom. The summed E-state index contributed by atoms with van der Waals surface area (Å²) in [6.45, 7) is 5.38. The average molecular weight is 456 g/mol. The normalized spacial score (nSPS) is 18.7. The number of nitrogens with one attached hydrogen (secondary N) is 1. The van der Waals surface area contributed by atoms with E-state index in [2.05, 4.69) is 5.32 Å². The summed E-state index contributed by atoms with van der Waals surface area (Å²) in [5.41, 5.74) is 1.51. The number of hydrogen-bond donors (Lipinski definition) is 1. The summed E-state index contributed by atoms with van der Waals surface area (Å²) in [6.07, 6.45) is 1.98. The molecule has 0 bridgehead atoms. The van der Waals surface area contributed by atoms with Crippen molar-refractivity contribution < 1.29 is 18.7 Å². The van der Waals surface area contributed by atoms with Gasteiger partial charge in [0.25, 0.3) is 0 Å². The first kappa shape index (κ1) is 22.4. The van der Waals surface area contributed by atoms with Crippen LogP contribution in [0.5, 0.6) is 0 Å². The van der Waals surface area contributed by atoms with Crippen LogP contribution < -0.4 is 5.32 Å². The quantitative estimate of drug-likeness (QED) is 0.568. The molecule has 0 radical (unpaired) electrons. The summed E-state index contributed by atoms with van der Waals surface area (Å²) in [6, 6.07) is 13.5. The molecule has 1 aliphatic heterocycles. The molecular weight excluding hydrogens is 429 g/mol. The maximum absolute atomic E-state index is 13.0. The molecule has 32 heavy (non-hydrogen) atoms. The molecule has 1 fully saturated rings. The van der Waals surface area contributed by atoms with Crippen LogP contribution in [0.25, 0.3) is 10.9 Å². The number of halogens is 1. The fourth-order valence-corrected chi connectivity index (χ4v) is 4.85. The van der Waals surface area contributed by atoms with E-state index in [4.69, 9.17) is 4.74 Å². The summed E-state index contributed by atoms with van der Waals surface area (Å²) < 4.78 is 20.7. The number of anilines is 1. The highest BCUT2D eigenvalue weighted by Gasteiger charge is 2.26. The number of benzene rings is 2. The van der Waals surface area contributed by atoms with Crippen molar-refractivity contribution in [2.45, 2.75) is 37.5 Å². The summed E-state index contributed by atoms with van der Waals surface area (Å²) in [7, 11) is 0. The first-order valence-corrected chi connectivity index (χ1v) is 11.6. The van der Waals surface area contributed by atoms with Gasteiger partial charge in [-0.3, -0.25) is 9.59 Å². The Morgan fingerprint density at radius 1 is 1.09 bits per heavy atom. The van der Waals surface area contributed by atoms with Gasteiger partial charge in [-0.15, -0.1) is 11.8 Å². The van der Waals surface area contributed by atoms with Crippen LogP contribution in [0.1, 0.15) is 13.8 Å². The van der Waals surface area contributed by atoms with Crippen molar-refractivity contribution in [2.24, 2.45) is 0 Å². The summed E-state index contributed by atoms with van der Waals surface area (Å²) in [5.74, 6) is -0.262. The van der Waals surface area contributed by atoms with Crippen molar-refractivity contribution >= 4 is 40.2 Å². The second kappa shape index (κ2) is 9.75. The minimum atomic E-state index is -0.347. The number of thioether (sulfide) groups is 1. The lowest BCUT2D eigenvalue weighted by Crippen LogP contribution is -2.49. The predicted octanol–water partition coefficient (Wildman–Crippen LogP) is 4.15. The fourth-order valence-electron chi connectivity index (χ4n) is 3.96. The minimum absolute atomic E-state index is 0.0230. The SMILES string of the molecule is C[C@@H]1CN(C(=O)Cn2cc(SCC(=O)Nc3ccc(F)cc3)c3ccccc32)C[C@@H](C)O1. The van der Waals surface area contributed by atoms with E-state index < -0.39 is 0 Å². The van der Waals surface area contributed by atoms with Gasteiger partial charge < -0.3 is 19.5 Å². The van der Waals surface area contributed by atoms with Gasteiger partial charge >= 0.3 is 0 Å². The smallest absolute Gasteiger partial charge is 0.242 e. The number of morpholine rings is 1. The van der Waals surface area contributed by atoms with E-state index in [1.54, 1.807) is 0 Å². The summed E-state index contributed by atoms with van der Waals surface area (Å²) in [5, 5.41) is 3.78. The lowest BCUT2D eigenvalue weighted by molar-refractivity contribution is -0.143. The monoisotopic (exact) mass is 455 g/mol. The minimum Gasteiger partial charge on any atom is -0.372 e. The average Bonchev–Trinajstić information content (AvgIpc) is 3.11. The first-order valence-electron chi connectivity index (χ1n) is 10.6. The molecule has 0 spiro atoms. The van der Waals surface area contributed by atoms with Crippen LogP contribution in [-0.4, -0.2) is 52.3 Å². The molecule has 1 saturated heterocycles. The van der Waals surface area contributed by atoms with Crippen molar-refractivity contribution in [3.63, 3.8) is 0 Å². The number of para-hydroxylation sites is 1. The zero-order chi connectivity index (χ0) is 22.7. The summed E-state index contributed by atoms with van der Waals surface area (Å²) in [4.78, 5) is 28.1. The van der Waals surface area contributed by atoms with Gasteiger partial charge in [0.1, 0.15) is 12.4 Å². The molecule has 168 valence electrons. The molecule has 0 saturated carbocycles. The third kappa shape index (κ3) is 5.31. The van der Waals surface area contributed by atoms with Gasteiger partial charge in [0.05, 0.1) is 18.0 Å². The maximum Gasteiger partial charge on any atom is 0.242 e. The predicted molar refractivity (Wildman–Crippen MR) is 124 cm³/mol. The van der Waals surface area contributed by atoms with E-state index in [0.717, 1.165) is 15.8 Å². The zero-order valence-electron chi connectivity index (χ0n) is 18.1. The van der Waals surface area contributed by atoms with Gasteiger partial charge in [0.15, 0.2) is 0 Å². The maximum atomic E-state index is 13.0. The highest BCUT2D eigenvalue weighted by molar-refractivity contribution is 8.00. The van der Waals surface area contributed by atoms with Crippen LogP contribution in [0.2, 0.25) is 0 Å². The lowest BCUT2D eigenvalue weighted by atomic mass is 10.2. The van der Waals surface area contributed by atoms with E-state index in [1.807, 2.05) is 53.8 Å². The van der Waals surface area contributed by atoms with Crippen molar-refractivity contribution in [3.8, 4) is 0 Å². The Morgan fingerprint density at radius 2 is 1.78 bits per heavy atom. The van der Waals surface area contributed by atoms with E-state index >= 15 is 0 Å². The van der Waals surface area contributed by atoms with E-state index in [0.29, 0.717) is 18.8 Å². The molecule has 2 heterocycles. The van der Waals surface area contributed by atoms with Gasteiger partial charge in [-0.2, -0.15) is 0 Å². The number of hydrogen-bond acceptors (Lipinski definition) is 4. The fraction of sp³-hybridized carbons (Fsp3) is 0.333. The molecular formula is C24H26FN3O3S. The number of carbonyl (C=O) groups excluding carboxylic acids is 2. The Kier molecular flexibility index (Phi) is 6.81. The van der Waals surface area contributed by atoms with Gasteiger partial charge in [-0.1, -0.05) is 18.2 Å². The molecule has 8 heteroatoms. The van der Waals surface area contributed by atoms with Crippen molar-refractivity contribution in [3.05, 3.63) is 60.5 Å². The molecule has 1 N–H and O–H groups in total. The summed E-state index contributed by atoms with van der Waals surface area (Å²) >= 11 is 1.41. The first-order chi connectivity index (χ1) is 15.4. The van der Waals surface area contributed by atoms with Crippen LogP contribution in [0.4, 0.5) is 10.1 Å². The second-order valence-electron chi connectivity index (χ2n) is 8.04. The molecule has 0 aliphatic carbocycles. The Labute approximate surface area is 190 Å². The van der Waals surface area contributed by atoms with Crippen molar-refractivity contribution in [2.75, 3.05) is 24.2 Å². The van der Waals surface area contributed by atoms with Gasteiger partial charge in [-0.25, -0.2) is 4.39 Å². The van der Waals surface area contributed by atoms with E-state index in [1.165, 1.54) is 36.0 Å². The molecule has 2 aromatic carbocycles. The van der Waals surface area contributed by atoms with Crippen LogP contribution in [0, 0.1) is 5.82 Å². The van der Waals surface area contributed by atoms with E-state index in [9.17, 15) is 14.0 Å². The van der Waals surface area contributed by atoms with Crippen LogP contribution >= 0.6 is 11.8 Å². The largest absolute Gasteiger partial charge is 0.372 e. The Balaban J connectivity index is 1.44. The van der Waals surface area contributed by atoms with Gasteiger partial charge in [-0.05, 0) is 44.2 Å². The van der Waals surface area contributed by atoms with Crippen LogP contribution in [0.15, 0.2) is 59.6 Å². The van der Waals surface area contributed by atoms with Gasteiger partial charge in [0, 0.05) is 40.8 Å². The van der Waals surface area contributed by atoms with Gasteiger partial charge in [0.2, 0.25) is 11.8 Å². The number of aromatic nitrogens is 1. The van der Waals surface area contributed by atoms with Crippen molar-refractivity contribution in [1.29, 1.82) is 0 Å². The third-order valence-electron chi connectivity index (χ3n) is 5.32. The van der Waals surface area contributed by atoms with E-state index in [-0.39, 0.29) is 42.1 Å². The van der Waals surface area contributed by atoms with Crippen molar-refractivity contribution in [1.82, 2.24) is 9.47 Å². The molecule has 1 aromatic heterocycles. The number of amides is 2. The molecule has 4 rings (SSSR count). The highest BCUT2D eigenvalue weighted by atomic mass is 32.2. The van der Waals surface area contributed by atoms with Crippen LogP contribution in [-0.2, 0) is 20.9 Å².